The molecular formula is C4Cl2F8S2. The Hall–Kier alpha value is 0.720. The molecule has 1 aliphatic rings. The van der Waals surface area contributed by atoms with Crippen molar-refractivity contribution < 1.29 is 34.1 Å². The molecule has 1 saturated heterocycles. The highest BCUT2D eigenvalue weighted by Crippen LogP contribution is 2.94. The fraction of sp³-hybridized carbons (Fsp3) is 1.00. The lowest BCUT2D eigenvalue weighted by atomic mass is 10.7. The van der Waals surface area contributed by atoms with Crippen LogP contribution in [0.5, 0.6) is 0 Å². The first-order valence-electron chi connectivity index (χ1n) is 3.14. The van der Waals surface area contributed by atoms with Gasteiger partial charge in [-0.2, -0.15) is 17.6 Å². The van der Waals surface area contributed by atoms with E-state index >= 15 is 0 Å². The molecule has 1 rings (SSSR count). The average molecular weight is 335 g/mol. The fourth-order valence-electron chi connectivity index (χ4n) is 0.815. The Balaban J connectivity index is 3.17. The summed E-state index contributed by atoms with van der Waals surface area (Å²) in [7, 11) is -6.71. The van der Waals surface area contributed by atoms with Crippen molar-refractivity contribution in [2.45, 2.75) is 19.4 Å². The summed E-state index contributed by atoms with van der Waals surface area (Å²) >= 11 is 6.38. The van der Waals surface area contributed by atoms with Crippen LogP contribution in [0, 0.1) is 0 Å². The van der Waals surface area contributed by atoms with Gasteiger partial charge in [-0.1, -0.05) is 0 Å². The third kappa shape index (κ3) is 1.52. The molecule has 0 radical (unpaired) electrons. The molecular weight excluding hydrogens is 335 g/mol. The van der Waals surface area contributed by atoms with Crippen molar-refractivity contribution in [3.63, 3.8) is 0 Å². The number of hydrogen-bond acceptors (Lipinski definition) is 1. The maximum atomic E-state index is 13.0. The van der Waals surface area contributed by atoms with Crippen molar-refractivity contribution in [3.05, 3.63) is 0 Å². The third-order valence-electron chi connectivity index (χ3n) is 1.60. The van der Waals surface area contributed by atoms with Crippen molar-refractivity contribution >= 4 is 45.8 Å². The molecule has 0 saturated carbocycles. The topological polar surface area (TPSA) is 0 Å². The van der Waals surface area contributed by atoms with Crippen LogP contribution in [0.3, 0.4) is 0 Å². The van der Waals surface area contributed by atoms with Gasteiger partial charge in [0.2, 0.25) is 0 Å². The first-order valence-corrected chi connectivity index (χ1v) is 6.14. The lowest BCUT2D eigenvalue weighted by Crippen LogP contribution is -2.61. The van der Waals surface area contributed by atoms with E-state index in [0.717, 1.165) is 0 Å². The number of thioether (sulfide) groups is 1. The SMILES string of the molecule is FC(F)(Cl)[C@]1(F)S[C@](F)(C(F)(F)Cl)S1(F)F. The van der Waals surface area contributed by atoms with Crippen LogP contribution >= 0.6 is 45.8 Å². The van der Waals surface area contributed by atoms with Gasteiger partial charge in [0.1, 0.15) is 0 Å². The zero-order valence-corrected chi connectivity index (χ0v) is 9.74. The quantitative estimate of drug-likeness (QED) is 0.493. The van der Waals surface area contributed by atoms with Crippen LogP contribution in [-0.4, -0.2) is 19.4 Å². The molecule has 1 fully saturated rings. The van der Waals surface area contributed by atoms with Gasteiger partial charge in [0, 0.05) is 0 Å². The second-order valence-electron chi connectivity index (χ2n) is 2.64. The minimum Gasteiger partial charge on any atom is -0.207 e. The van der Waals surface area contributed by atoms with Crippen molar-refractivity contribution in [2.24, 2.45) is 0 Å². The lowest BCUT2D eigenvalue weighted by molar-refractivity contribution is -0.0150. The molecule has 0 aliphatic carbocycles. The van der Waals surface area contributed by atoms with Crippen molar-refractivity contribution in [3.8, 4) is 0 Å². The Bertz CT molecular complexity index is 284. The Kier molecular flexibility index (Phi) is 3.13. The summed E-state index contributed by atoms with van der Waals surface area (Å²) in [5, 5.41) is -10.4. The molecule has 0 aromatic rings. The number of rotatable bonds is 2. The van der Waals surface area contributed by atoms with Crippen LogP contribution in [0.1, 0.15) is 0 Å². The zero-order chi connectivity index (χ0) is 13.2. The third-order valence-corrected chi connectivity index (χ3v) is 7.19. The predicted molar refractivity (Wildman–Crippen MR) is 46.7 cm³/mol. The van der Waals surface area contributed by atoms with E-state index in [1.165, 1.54) is 0 Å². The molecule has 0 spiro atoms. The molecule has 0 nitrogen and oxygen atoms in total. The van der Waals surface area contributed by atoms with E-state index in [9.17, 15) is 34.1 Å². The molecule has 98 valence electrons. The summed E-state index contributed by atoms with van der Waals surface area (Å²) in [5.41, 5.74) is 0. The van der Waals surface area contributed by atoms with Crippen LogP contribution in [0.4, 0.5) is 34.1 Å². The molecule has 1 heterocycles. The molecule has 12 heteroatoms. The van der Waals surface area contributed by atoms with Gasteiger partial charge in [-0.05, 0) is 35.0 Å². The molecule has 1 aliphatic heterocycles. The smallest absolute Gasteiger partial charge is 0.207 e. The van der Waals surface area contributed by atoms with Crippen LogP contribution in [0.15, 0.2) is 0 Å². The van der Waals surface area contributed by atoms with Crippen LogP contribution in [0.25, 0.3) is 0 Å². The Labute approximate surface area is 99.5 Å². The second kappa shape index (κ2) is 3.39. The minimum absolute atomic E-state index is 1.61. The van der Waals surface area contributed by atoms with Gasteiger partial charge in [0.25, 0.3) is 0 Å². The second-order valence-corrected chi connectivity index (χ2v) is 7.50. The zero-order valence-electron chi connectivity index (χ0n) is 6.60. The highest BCUT2D eigenvalue weighted by molar-refractivity contribution is 8.49. The predicted octanol–water partition coefficient (Wildman–Crippen LogP) is 5.22. The average Bonchev–Trinajstić information content (AvgIpc) is 1.99. The largest absolute Gasteiger partial charge is 0.377 e. The summed E-state index contributed by atoms with van der Waals surface area (Å²) in [4.78, 5) is 0. The summed E-state index contributed by atoms with van der Waals surface area (Å²) in [6.07, 6.45) is 0. The molecule has 0 unspecified atom stereocenters. The lowest BCUT2D eigenvalue weighted by Gasteiger charge is -2.55. The van der Waals surface area contributed by atoms with Crippen molar-refractivity contribution in [1.29, 1.82) is 0 Å². The molecule has 0 aromatic carbocycles. The molecule has 0 aromatic heterocycles. The maximum Gasteiger partial charge on any atom is 0.377 e. The molecule has 0 bridgehead atoms. The first-order chi connectivity index (χ1) is 6.71. The minimum atomic E-state index is -6.71. The molecule has 0 amide bonds. The summed E-state index contributed by atoms with van der Waals surface area (Å²) in [6.45, 7) is 0. The van der Waals surface area contributed by atoms with E-state index in [2.05, 4.69) is 23.2 Å². The first kappa shape index (κ1) is 14.8. The Morgan fingerprint density at radius 2 is 1.12 bits per heavy atom. The van der Waals surface area contributed by atoms with E-state index < -0.39 is 42.0 Å². The molecule has 2 atom stereocenters. The maximum absolute atomic E-state index is 13.0. The van der Waals surface area contributed by atoms with E-state index in [1.807, 2.05) is 0 Å². The highest BCUT2D eigenvalue weighted by atomic mass is 35.5. The van der Waals surface area contributed by atoms with Crippen LogP contribution in [0.2, 0.25) is 0 Å². The van der Waals surface area contributed by atoms with Gasteiger partial charge < -0.3 is 0 Å². The number of alkyl halides is 8. The molecule has 16 heavy (non-hydrogen) atoms. The molecule has 0 N–H and O–H groups in total. The normalized spacial score (nSPS) is 41.4. The van der Waals surface area contributed by atoms with E-state index in [0.29, 0.717) is 0 Å². The van der Waals surface area contributed by atoms with Gasteiger partial charge in [-0.25, -0.2) is 8.78 Å². The van der Waals surface area contributed by atoms with Crippen LogP contribution < -0.4 is 0 Å². The fourth-order valence-corrected chi connectivity index (χ4v) is 4.76. The van der Waals surface area contributed by atoms with Gasteiger partial charge in [0.15, 0.2) is 10.8 Å². The summed E-state index contributed by atoms with van der Waals surface area (Å²) in [5.74, 6) is 0. The van der Waals surface area contributed by atoms with Crippen molar-refractivity contribution in [2.75, 3.05) is 0 Å². The van der Waals surface area contributed by atoms with E-state index in [4.69, 9.17) is 0 Å². The van der Waals surface area contributed by atoms with Crippen LogP contribution in [-0.2, 0) is 0 Å². The number of halogens is 10. The number of hydrogen-bond donors (Lipinski definition) is 0. The Morgan fingerprint density at radius 1 is 0.875 bits per heavy atom. The highest BCUT2D eigenvalue weighted by Gasteiger charge is 2.92. The summed E-state index contributed by atoms with van der Waals surface area (Å²) < 4.78 is 90.7. The van der Waals surface area contributed by atoms with E-state index in [1.54, 1.807) is 0 Å². The van der Waals surface area contributed by atoms with Gasteiger partial charge in [-0.3, -0.25) is 0 Å². The standard InChI is InChI=1S/C4Cl2F8S2/c5-1(7,8)3(11)15-4(12,2(6,9)10)16(3,13)14/t3-,4+. The van der Waals surface area contributed by atoms with Crippen molar-refractivity contribution in [1.82, 2.24) is 0 Å². The van der Waals surface area contributed by atoms with Gasteiger partial charge >= 0.3 is 19.4 Å². The van der Waals surface area contributed by atoms with Gasteiger partial charge in [-0.15, -0.1) is 7.77 Å². The van der Waals surface area contributed by atoms with Gasteiger partial charge in [0.05, 0.1) is 0 Å². The Morgan fingerprint density at radius 3 is 1.25 bits per heavy atom. The summed E-state index contributed by atoms with van der Waals surface area (Å²) in [6, 6.07) is 0. The monoisotopic (exact) mass is 334 g/mol. The van der Waals surface area contributed by atoms with E-state index in [-0.39, 0.29) is 0 Å².